The number of aromatic amines is 1. The lowest BCUT2D eigenvalue weighted by Crippen LogP contribution is -2.39. The summed E-state index contributed by atoms with van der Waals surface area (Å²) >= 11 is 0. The Morgan fingerprint density at radius 3 is 2.40 bits per heavy atom. The van der Waals surface area contributed by atoms with E-state index in [1.165, 1.54) is 0 Å². The molecule has 10 nitrogen and oxygen atoms in total. The summed E-state index contributed by atoms with van der Waals surface area (Å²) in [4.78, 5) is 31.6. The molecule has 236 valence electrons. The van der Waals surface area contributed by atoms with E-state index in [0.29, 0.717) is 52.8 Å². The number of hydrogen-bond donors (Lipinski definition) is 3. The summed E-state index contributed by atoms with van der Waals surface area (Å²) in [6, 6.07) is 14.7. The highest BCUT2D eigenvalue weighted by Crippen LogP contribution is 2.35. The van der Waals surface area contributed by atoms with Crippen molar-refractivity contribution in [2.24, 2.45) is 0 Å². The van der Waals surface area contributed by atoms with Crippen LogP contribution in [0, 0.1) is 0 Å². The Labute approximate surface area is 259 Å². The predicted octanol–water partition coefficient (Wildman–Crippen LogP) is 6.98. The number of fused-ring (bicyclic) bond motifs is 1. The Balaban J connectivity index is 0.00000196. The first kappa shape index (κ1) is 31.7. The van der Waals surface area contributed by atoms with Gasteiger partial charge in [0.2, 0.25) is 5.89 Å². The Morgan fingerprint density at radius 2 is 1.76 bits per heavy atom. The average Bonchev–Trinajstić information content (AvgIpc) is 3.71. The van der Waals surface area contributed by atoms with Gasteiger partial charge in [-0.05, 0) is 42.0 Å². The highest BCUT2D eigenvalue weighted by Gasteiger charge is 2.34. The zero-order valence-corrected chi connectivity index (χ0v) is 26.0. The van der Waals surface area contributed by atoms with Gasteiger partial charge >= 0.3 is 0 Å². The summed E-state index contributed by atoms with van der Waals surface area (Å²) in [5, 5.41) is 17.0. The second kappa shape index (κ2) is 12.7. The Kier molecular flexibility index (Phi) is 8.96. The summed E-state index contributed by atoms with van der Waals surface area (Å²) < 4.78 is 32.4. The van der Waals surface area contributed by atoms with E-state index in [1.54, 1.807) is 18.3 Å². The van der Waals surface area contributed by atoms with E-state index in [-0.39, 0.29) is 25.3 Å². The van der Waals surface area contributed by atoms with Crippen molar-refractivity contribution in [1.29, 1.82) is 0 Å². The molecule has 6 rings (SSSR count). The van der Waals surface area contributed by atoms with Crippen molar-refractivity contribution in [1.82, 2.24) is 25.1 Å². The zero-order valence-electron chi connectivity index (χ0n) is 26.0. The molecule has 5 aromatic rings. The third-order valence-corrected chi connectivity index (χ3v) is 7.54. The number of alkyl halides is 2. The SMILES string of the molecule is CC.CC(C)(C)c1nc(C(=O)Nc2cccc(-c3ccnc4nc(-c5ccc(N6CCC(F)(F)CC6)cc5)[nH]c34)c2CO)no1. The van der Waals surface area contributed by atoms with E-state index in [0.717, 1.165) is 16.8 Å². The zero-order chi connectivity index (χ0) is 32.4. The fourth-order valence-electron chi connectivity index (χ4n) is 5.12. The van der Waals surface area contributed by atoms with Crippen LogP contribution in [0.1, 0.15) is 69.5 Å². The van der Waals surface area contributed by atoms with E-state index in [1.807, 2.05) is 75.9 Å². The number of aliphatic hydroxyl groups excluding tert-OH is 1. The average molecular weight is 618 g/mol. The van der Waals surface area contributed by atoms with Gasteiger partial charge in [0, 0.05) is 65.6 Å². The molecular formula is C33H37F2N7O3. The van der Waals surface area contributed by atoms with Crippen LogP contribution in [0.4, 0.5) is 20.2 Å². The number of anilines is 2. The molecule has 0 radical (unpaired) electrons. The van der Waals surface area contributed by atoms with Gasteiger partial charge in [-0.1, -0.05) is 51.9 Å². The maximum Gasteiger partial charge on any atom is 0.297 e. The Morgan fingerprint density at radius 1 is 1.04 bits per heavy atom. The number of H-pyrrole nitrogens is 1. The fourth-order valence-corrected chi connectivity index (χ4v) is 5.12. The van der Waals surface area contributed by atoms with Gasteiger partial charge in [0.15, 0.2) is 5.65 Å². The number of aromatic nitrogens is 5. The molecule has 0 unspecified atom stereocenters. The number of pyridine rings is 1. The van der Waals surface area contributed by atoms with Crippen LogP contribution in [0.3, 0.4) is 0 Å². The highest BCUT2D eigenvalue weighted by atomic mass is 19.3. The number of benzene rings is 2. The highest BCUT2D eigenvalue weighted by molar-refractivity contribution is 6.03. The van der Waals surface area contributed by atoms with E-state index in [9.17, 15) is 18.7 Å². The molecule has 1 fully saturated rings. The molecule has 4 heterocycles. The number of carbonyl (C=O) groups is 1. The summed E-state index contributed by atoms with van der Waals surface area (Å²) in [6.07, 6.45) is 1.34. The molecule has 0 saturated carbocycles. The summed E-state index contributed by atoms with van der Waals surface area (Å²) in [7, 11) is 0. The lowest BCUT2D eigenvalue weighted by atomic mass is 9.97. The molecule has 1 saturated heterocycles. The third kappa shape index (κ3) is 6.70. The summed E-state index contributed by atoms with van der Waals surface area (Å²) in [5.41, 5.74) is 4.75. The molecule has 1 aliphatic rings. The van der Waals surface area contributed by atoms with Gasteiger partial charge in [-0.25, -0.2) is 18.7 Å². The van der Waals surface area contributed by atoms with E-state index >= 15 is 0 Å². The number of halogens is 2. The number of imidazole rings is 1. The number of nitrogens with zero attached hydrogens (tertiary/aromatic N) is 5. The molecule has 3 N–H and O–H groups in total. The van der Waals surface area contributed by atoms with Gasteiger partial charge in [-0.15, -0.1) is 0 Å². The minimum Gasteiger partial charge on any atom is -0.392 e. The van der Waals surface area contributed by atoms with Gasteiger partial charge in [0.25, 0.3) is 17.7 Å². The number of nitrogens with one attached hydrogen (secondary N) is 2. The molecule has 1 aliphatic heterocycles. The van der Waals surface area contributed by atoms with Gasteiger partial charge in [-0.2, -0.15) is 4.98 Å². The van der Waals surface area contributed by atoms with Crippen molar-refractivity contribution in [2.45, 2.75) is 65.4 Å². The van der Waals surface area contributed by atoms with Crippen molar-refractivity contribution in [3.05, 3.63) is 72.0 Å². The van der Waals surface area contributed by atoms with Crippen molar-refractivity contribution >= 4 is 28.4 Å². The normalized spacial score (nSPS) is 14.6. The number of carbonyl (C=O) groups excluding carboxylic acids is 1. The van der Waals surface area contributed by atoms with E-state index < -0.39 is 17.2 Å². The van der Waals surface area contributed by atoms with Crippen LogP contribution >= 0.6 is 0 Å². The predicted molar refractivity (Wildman–Crippen MR) is 169 cm³/mol. The molecule has 3 aromatic heterocycles. The molecule has 1 amide bonds. The lowest BCUT2D eigenvalue weighted by molar-refractivity contribution is -0.0220. The van der Waals surface area contributed by atoms with Gasteiger partial charge in [0.1, 0.15) is 5.82 Å². The van der Waals surface area contributed by atoms with E-state index in [4.69, 9.17) is 4.52 Å². The minimum atomic E-state index is -2.60. The van der Waals surface area contributed by atoms with Gasteiger partial charge in [-0.3, -0.25) is 4.79 Å². The molecule has 0 aliphatic carbocycles. The molecule has 0 spiro atoms. The second-order valence-corrected chi connectivity index (χ2v) is 11.6. The third-order valence-electron chi connectivity index (χ3n) is 7.54. The molecule has 0 atom stereocenters. The second-order valence-electron chi connectivity index (χ2n) is 11.6. The van der Waals surface area contributed by atoms with Crippen LogP contribution in [0.25, 0.3) is 33.7 Å². The first-order valence-electron chi connectivity index (χ1n) is 15.0. The van der Waals surface area contributed by atoms with E-state index in [2.05, 4.69) is 30.4 Å². The van der Waals surface area contributed by atoms with Crippen molar-refractivity contribution in [3.8, 4) is 22.5 Å². The van der Waals surface area contributed by atoms with Crippen LogP contribution in [-0.4, -0.2) is 55.1 Å². The molecule has 2 aromatic carbocycles. The van der Waals surface area contributed by atoms with Crippen LogP contribution in [-0.2, 0) is 12.0 Å². The Bertz CT molecular complexity index is 1780. The number of piperidine rings is 1. The van der Waals surface area contributed by atoms with Crippen LogP contribution in [0.15, 0.2) is 59.3 Å². The maximum absolute atomic E-state index is 13.6. The first-order chi connectivity index (χ1) is 21.5. The quantitative estimate of drug-likeness (QED) is 0.186. The number of amides is 1. The monoisotopic (exact) mass is 617 g/mol. The number of rotatable bonds is 6. The number of hydrogen-bond acceptors (Lipinski definition) is 8. The summed E-state index contributed by atoms with van der Waals surface area (Å²) in [6.45, 7) is 9.99. The summed E-state index contributed by atoms with van der Waals surface area (Å²) in [5.74, 6) is -2.33. The lowest BCUT2D eigenvalue weighted by Gasteiger charge is -2.33. The standard InChI is InChI=1S/C31H31F2N7O3.C2H6/c1-30(2,3)29-38-27(39-43-29)28(42)35-23-6-4-5-20(22(23)17-41)21-11-14-34-26-24(21)36-25(37-26)18-7-9-19(10-8-18)40-15-12-31(32,33)13-16-40;1-2/h4-11,14,41H,12-13,15-17H2,1-3H3,(H,35,42)(H,34,36,37);1-2H3. The molecule has 12 heteroatoms. The van der Waals surface area contributed by atoms with Crippen LogP contribution in [0.2, 0.25) is 0 Å². The maximum atomic E-state index is 13.6. The number of aliphatic hydroxyl groups is 1. The Hall–Kier alpha value is -4.71. The smallest absolute Gasteiger partial charge is 0.297 e. The van der Waals surface area contributed by atoms with Crippen molar-refractivity contribution < 1.29 is 23.2 Å². The molecule has 45 heavy (non-hydrogen) atoms. The van der Waals surface area contributed by atoms with Gasteiger partial charge < -0.3 is 24.8 Å². The topological polar surface area (TPSA) is 133 Å². The van der Waals surface area contributed by atoms with Gasteiger partial charge in [0.05, 0.1) is 12.1 Å². The molecular weight excluding hydrogens is 580 g/mol. The molecule has 0 bridgehead atoms. The van der Waals surface area contributed by atoms with Crippen molar-refractivity contribution in [3.63, 3.8) is 0 Å². The largest absolute Gasteiger partial charge is 0.392 e. The van der Waals surface area contributed by atoms with Crippen LogP contribution < -0.4 is 10.2 Å². The van der Waals surface area contributed by atoms with Crippen LogP contribution in [0.5, 0.6) is 0 Å². The first-order valence-corrected chi connectivity index (χ1v) is 15.0. The minimum absolute atomic E-state index is 0.104. The fraction of sp³-hybridized carbons (Fsp3) is 0.364. The van der Waals surface area contributed by atoms with Crippen molar-refractivity contribution in [2.75, 3.05) is 23.3 Å².